The van der Waals surface area contributed by atoms with Gasteiger partial charge in [-0.2, -0.15) is 0 Å². The molecule has 25 heavy (non-hydrogen) atoms. The fraction of sp³-hybridized carbons (Fsp3) is 0.412. The van der Waals surface area contributed by atoms with Crippen molar-refractivity contribution in [2.75, 3.05) is 0 Å². The van der Waals surface area contributed by atoms with Crippen LogP contribution in [0.5, 0.6) is 0 Å². The zero-order valence-electron chi connectivity index (χ0n) is 13.9. The van der Waals surface area contributed by atoms with Crippen molar-refractivity contribution in [1.82, 2.24) is 24.6 Å². The summed E-state index contributed by atoms with van der Waals surface area (Å²) in [6, 6.07) is 7.10. The van der Waals surface area contributed by atoms with Gasteiger partial charge in [0.25, 0.3) is 0 Å². The Bertz CT molecular complexity index is 970. The maximum Gasteiger partial charge on any atom is 0.420 e. The molecule has 0 spiro atoms. The van der Waals surface area contributed by atoms with E-state index in [9.17, 15) is 9.59 Å². The molecule has 1 atom stereocenters. The molecule has 3 heterocycles. The van der Waals surface area contributed by atoms with Gasteiger partial charge in [-0.25, -0.2) is 4.79 Å². The minimum Gasteiger partial charge on any atom is -0.408 e. The second-order valence-electron chi connectivity index (χ2n) is 6.22. The molecule has 8 heteroatoms. The first-order chi connectivity index (χ1) is 12.2. The molecule has 3 aromatic rings. The van der Waals surface area contributed by atoms with Crippen LogP contribution in [0.25, 0.3) is 11.1 Å². The number of fused-ring (bicyclic) bond motifs is 2. The van der Waals surface area contributed by atoms with Gasteiger partial charge in [0.05, 0.1) is 5.52 Å². The van der Waals surface area contributed by atoms with Crippen LogP contribution < -0.4 is 11.1 Å². The van der Waals surface area contributed by atoms with Crippen LogP contribution in [0, 0.1) is 0 Å². The molecule has 0 saturated heterocycles. The van der Waals surface area contributed by atoms with E-state index in [0.717, 1.165) is 30.9 Å². The molecule has 1 aliphatic heterocycles. The maximum absolute atomic E-state index is 12.4. The number of amides is 1. The lowest BCUT2D eigenvalue weighted by Crippen LogP contribution is -2.43. The number of rotatable bonds is 4. The summed E-state index contributed by atoms with van der Waals surface area (Å²) < 4.78 is 8.60. The van der Waals surface area contributed by atoms with Crippen LogP contribution in [0.4, 0.5) is 0 Å². The smallest absolute Gasteiger partial charge is 0.408 e. The molecule has 1 aliphatic rings. The number of oxazole rings is 1. The topological polar surface area (TPSA) is 95.0 Å². The second kappa shape index (κ2) is 6.19. The summed E-state index contributed by atoms with van der Waals surface area (Å²) in [5.41, 5.74) is 1.11. The third-order valence-electron chi connectivity index (χ3n) is 4.58. The van der Waals surface area contributed by atoms with Gasteiger partial charge in [-0.3, -0.25) is 9.36 Å². The molecule has 2 aromatic heterocycles. The number of aromatic nitrogens is 4. The van der Waals surface area contributed by atoms with Crippen molar-refractivity contribution in [3.05, 3.63) is 46.5 Å². The Morgan fingerprint density at radius 2 is 2.20 bits per heavy atom. The Hall–Kier alpha value is -2.90. The predicted molar refractivity (Wildman–Crippen MR) is 90.1 cm³/mol. The number of nitrogens with one attached hydrogen (secondary N) is 1. The van der Waals surface area contributed by atoms with E-state index in [2.05, 4.69) is 20.1 Å². The quantitative estimate of drug-likeness (QED) is 0.760. The molecule has 0 radical (unpaired) electrons. The van der Waals surface area contributed by atoms with E-state index in [1.165, 1.54) is 4.57 Å². The van der Waals surface area contributed by atoms with Crippen molar-refractivity contribution in [3.63, 3.8) is 0 Å². The van der Waals surface area contributed by atoms with Gasteiger partial charge in [-0.05, 0) is 18.6 Å². The van der Waals surface area contributed by atoms with E-state index >= 15 is 0 Å². The van der Waals surface area contributed by atoms with Crippen LogP contribution in [-0.2, 0) is 30.7 Å². The maximum atomic E-state index is 12.4. The van der Waals surface area contributed by atoms with Gasteiger partial charge in [0, 0.05) is 25.4 Å². The third-order valence-corrected chi connectivity index (χ3v) is 4.58. The van der Waals surface area contributed by atoms with Crippen molar-refractivity contribution in [2.24, 2.45) is 0 Å². The summed E-state index contributed by atoms with van der Waals surface area (Å²) in [6.45, 7) is 2.65. The van der Waals surface area contributed by atoms with Crippen LogP contribution >= 0.6 is 0 Å². The number of carbonyl (C=O) groups is 1. The van der Waals surface area contributed by atoms with Gasteiger partial charge < -0.3 is 14.3 Å². The van der Waals surface area contributed by atoms with Crippen LogP contribution in [0.3, 0.4) is 0 Å². The van der Waals surface area contributed by atoms with Crippen LogP contribution in [0.15, 0.2) is 33.5 Å². The number of hydrogen-bond acceptors (Lipinski definition) is 5. The molecule has 130 valence electrons. The van der Waals surface area contributed by atoms with Crippen molar-refractivity contribution in [3.8, 4) is 0 Å². The third kappa shape index (κ3) is 2.84. The molecule has 0 aliphatic carbocycles. The van der Waals surface area contributed by atoms with Crippen molar-refractivity contribution < 1.29 is 9.21 Å². The zero-order valence-corrected chi connectivity index (χ0v) is 13.9. The van der Waals surface area contributed by atoms with Gasteiger partial charge in [0.2, 0.25) is 5.91 Å². The molecule has 0 fully saturated rings. The average Bonchev–Trinajstić information content (AvgIpc) is 3.15. The Balaban J connectivity index is 1.48. The summed E-state index contributed by atoms with van der Waals surface area (Å²) in [5, 5.41) is 11.4. The zero-order chi connectivity index (χ0) is 17.4. The fourth-order valence-corrected chi connectivity index (χ4v) is 3.34. The highest BCUT2D eigenvalue weighted by Crippen LogP contribution is 2.16. The van der Waals surface area contributed by atoms with Crippen LogP contribution in [0.2, 0.25) is 0 Å². The fourth-order valence-electron chi connectivity index (χ4n) is 3.34. The monoisotopic (exact) mass is 341 g/mol. The molecule has 0 bridgehead atoms. The molecule has 1 aromatic carbocycles. The van der Waals surface area contributed by atoms with E-state index in [-0.39, 0.29) is 18.5 Å². The van der Waals surface area contributed by atoms with Gasteiger partial charge in [0.1, 0.15) is 18.2 Å². The standard InChI is InChI=1S/C17H19N5O3/c1-2-14-19-20-15-8-7-11(9-22(14)15)18-16(23)10-21-12-5-3-4-6-13(12)25-17(21)24/h3-6,11H,2,7-10H2,1H3,(H,18,23)/t11-/m0/s1. The summed E-state index contributed by atoms with van der Waals surface area (Å²) in [6.07, 6.45) is 2.41. The first kappa shape index (κ1) is 15.6. The summed E-state index contributed by atoms with van der Waals surface area (Å²) in [4.78, 5) is 24.4. The molecule has 1 amide bonds. The van der Waals surface area contributed by atoms with E-state index in [1.54, 1.807) is 18.2 Å². The first-order valence-electron chi connectivity index (χ1n) is 8.44. The molecule has 1 N–H and O–H groups in total. The van der Waals surface area contributed by atoms with Gasteiger partial charge >= 0.3 is 5.76 Å². The Morgan fingerprint density at radius 1 is 1.36 bits per heavy atom. The normalized spacial score (nSPS) is 16.8. The Kier molecular flexibility index (Phi) is 3.87. The first-order valence-corrected chi connectivity index (χ1v) is 8.44. The Morgan fingerprint density at radius 3 is 3.04 bits per heavy atom. The van der Waals surface area contributed by atoms with E-state index in [0.29, 0.717) is 17.6 Å². The van der Waals surface area contributed by atoms with Gasteiger partial charge in [-0.15, -0.1) is 10.2 Å². The van der Waals surface area contributed by atoms with Crippen LogP contribution in [0.1, 0.15) is 25.0 Å². The lowest BCUT2D eigenvalue weighted by molar-refractivity contribution is -0.122. The predicted octanol–water partition coefficient (Wildman–Crippen LogP) is 0.880. The number of carbonyl (C=O) groups excluding carboxylic acids is 1. The van der Waals surface area contributed by atoms with Gasteiger partial charge in [-0.1, -0.05) is 19.1 Å². The van der Waals surface area contributed by atoms with Crippen molar-refractivity contribution in [2.45, 2.75) is 45.3 Å². The number of hydrogen-bond donors (Lipinski definition) is 1. The summed E-state index contributed by atoms with van der Waals surface area (Å²) >= 11 is 0. The molecular weight excluding hydrogens is 322 g/mol. The van der Waals surface area contributed by atoms with E-state index < -0.39 is 5.76 Å². The Labute approximate surface area is 143 Å². The molecule has 0 unspecified atom stereocenters. The lowest BCUT2D eigenvalue weighted by atomic mass is 10.1. The minimum atomic E-state index is -0.519. The number of aryl methyl sites for hydroxylation is 2. The minimum absolute atomic E-state index is 0.00941. The van der Waals surface area contributed by atoms with Crippen LogP contribution in [-0.4, -0.2) is 31.3 Å². The number of benzene rings is 1. The van der Waals surface area contributed by atoms with E-state index in [1.807, 2.05) is 13.0 Å². The number of nitrogens with zero attached hydrogens (tertiary/aromatic N) is 4. The van der Waals surface area contributed by atoms with Gasteiger partial charge in [0.15, 0.2) is 5.58 Å². The number of para-hydroxylation sites is 2. The van der Waals surface area contributed by atoms with E-state index in [4.69, 9.17) is 4.42 Å². The highest BCUT2D eigenvalue weighted by atomic mass is 16.4. The van der Waals surface area contributed by atoms with Crippen molar-refractivity contribution in [1.29, 1.82) is 0 Å². The highest BCUT2D eigenvalue weighted by Gasteiger charge is 2.24. The SMILES string of the molecule is CCc1nnc2n1C[C@@H](NC(=O)Cn1c(=O)oc3ccccc31)CC2. The molecular formula is C17H19N5O3. The molecule has 4 rings (SSSR count). The highest BCUT2D eigenvalue weighted by molar-refractivity contribution is 5.79. The largest absolute Gasteiger partial charge is 0.420 e. The lowest BCUT2D eigenvalue weighted by Gasteiger charge is -2.25. The molecule has 0 saturated carbocycles. The summed E-state index contributed by atoms with van der Waals surface area (Å²) in [7, 11) is 0. The summed E-state index contributed by atoms with van der Waals surface area (Å²) in [5.74, 6) is 1.19. The average molecular weight is 341 g/mol. The second-order valence-corrected chi connectivity index (χ2v) is 6.22. The molecule has 8 nitrogen and oxygen atoms in total. The van der Waals surface area contributed by atoms with Crippen molar-refractivity contribution >= 4 is 17.0 Å².